The van der Waals surface area contributed by atoms with Crippen molar-refractivity contribution in [1.29, 1.82) is 0 Å². The summed E-state index contributed by atoms with van der Waals surface area (Å²) in [5, 5.41) is 0. The molecule has 9 heteroatoms. The lowest BCUT2D eigenvalue weighted by molar-refractivity contribution is 0.0970. The van der Waals surface area contributed by atoms with Crippen LogP contribution in [0.5, 0.6) is 17.2 Å². The molecule has 0 saturated heterocycles. The molecule has 0 aliphatic heterocycles. The quantitative estimate of drug-likeness (QED) is 0.427. The number of H-pyrrole nitrogens is 1. The van der Waals surface area contributed by atoms with E-state index in [1.807, 2.05) is 17.1 Å². The Morgan fingerprint density at radius 3 is 2.12 bits per heavy atom. The van der Waals surface area contributed by atoms with E-state index in [4.69, 9.17) is 14.2 Å². The summed E-state index contributed by atoms with van der Waals surface area (Å²) in [6.07, 6.45) is 4.41. The molecular weight excluding hydrogens is 419 g/mol. The number of Topliss-reactive ketones (excluding diaryl/α,β-unsaturated/α-hetero) is 1. The molecule has 0 radical (unpaired) electrons. The Hall–Kier alpha value is -4.14. The fraction of sp³-hybridized carbons (Fsp3) is 0.174. The second kappa shape index (κ2) is 9.78. The van der Waals surface area contributed by atoms with E-state index in [1.165, 1.54) is 21.3 Å². The van der Waals surface area contributed by atoms with Crippen LogP contribution < -0.4 is 25.5 Å². The van der Waals surface area contributed by atoms with E-state index in [0.717, 1.165) is 15.7 Å². The van der Waals surface area contributed by atoms with Gasteiger partial charge in [-0.3, -0.25) is 19.1 Å². The first kappa shape index (κ1) is 22.5. The van der Waals surface area contributed by atoms with E-state index in [9.17, 15) is 18.8 Å². The summed E-state index contributed by atoms with van der Waals surface area (Å²) in [5.41, 5.74) is 0.00622. The van der Waals surface area contributed by atoms with E-state index in [1.54, 1.807) is 36.4 Å². The molecule has 3 aromatic rings. The van der Waals surface area contributed by atoms with Gasteiger partial charge in [-0.25, -0.2) is 4.79 Å². The van der Waals surface area contributed by atoms with Crippen LogP contribution in [0, 0.1) is 5.82 Å². The lowest BCUT2D eigenvalue weighted by atomic mass is 10.1. The number of aromatic amines is 1. The molecule has 166 valence electrons. The maximum absolute atomic E-state index is 13.4. The first-order chi connectivity index (χ1) is 15.4. The van der Waals surface area contributed by atoms with Gasteiger partial charge >= 0.3 is 5.69 Å². The molecule has 0 spiro atoms. The molecule has 8 nitrogen and oxygen atoms in total. The lowest BCUT2D eigenvalue weighted by Gasteiger charge is -2.12. The normalized spacial score (nSPS) is 10.9. The first-order valence-electron chi connectivity index (χ1n) is 9.47. The minimum atomic E-state index is -1.13. The van der Waals surface area contributed by atoms with Crippen LogP contribution in [0.2, 0.25) is 0 Å². The van der Waals surface area contributed by atoms with Gasteiger partial charge in [-0.2, -0.15) is 4.39 Å². The van der Waals surface area contributed by atoms with Gasteiger partial charge in [-0.05, 0) is 23.3 Å². The van der Waals surface area contributed by atoms with Gasteiger partial charge in [0.15, 0.2) is 17.3 Å². The highest BCUT2D eigenvalue weighted by Crippen LogP contribution is 2.38. The summed E-state index contributed by atoms with van der Waals surface area (Å²) >= 11 is 0. The van der Waals surface area contributed by atoms with Gasteiger partial charge in [0.25, 0.3) is 5.56 Å². The molecule has 0 aliphatic carbocycles. The summed E-state index contributed by atoms with van der Waals surface area (Å²) in [7, 11) is 4.61. The van der Waals surface area contributed by atoms with E-state index < -0.39 is 29.4 Å². The van der Waals surface area contributed by atoms with Crippen LogP contribution in [0.25, 0.3) is 12.2 Å². The number of rotatable bonds is 8. The van der Waals surface area contributed by atoms with Crippen molar-refractivity contribution in [3.63, 3.8) is 0 Å². The van der Waals surface area contributed by atoms with Crippen molar-refractivity contribution in [2.45, 2.75) is 6.54 Å². The van der Waals surface area contributed by atoms with E-state index >= 15 is 0 Å². The molecule has 0 fully saturated rings. The van der Waals surface area contributed by atoms with Crippen LogP contribution in [0.4, 0.5) is 4.39 Å². The number of nitrogens with zero attached hydrogens (tertiary/aromatic N) is 1. The van der Waals surface area contributed by atoms with Gasteiger partial charge in [0.1, 0.15) is 0 Å². The summed E-state index contributed by atoms with van der Waals surface area (Å²) < 4.78 is 30.2. The van der Waals surface area contributed by atoms with Gasteiger partial charge in [0.2, 0.25) is 11.6 Å². The minimum Gasteiger partial charge on any atom is -0.493 e. The predicted octanol–water partition coefficient (Wildman–Crippen LogP) is 2.75. The number of nitrogens with one attached hydrogen (secondary N) is 1. The van der Waals surface area contributed by atoms with Crippen LogP contribution in [0.15, 0.2) is 52.2 Å². The van der Waals surface area contributed by atoms with Crippen molar-refractivity contribution in [1.82, 2.24) is 9.55 Å². The SMILES string of the molecule is COc1cc(/C=C/c2ccc(C(=O)Cn3cc(F)c(=O)[nH]c3=O)cc2)cc(OC)c1OC. The summed E-state index contributed by atoms with van der Waals surface area (Å²) in [6.45, 7) is -0.396. The number of methoxy groups -OCH3 is 3. The number of hydrogen-bond donors (Lipinski definition) is 1. The fourth-order valence-electron chi connectivity index (χ4n) is 3.02. The zero-order valence-electron chi connectivity index (χ0n) is 17.7. The van der Waals surface area contributed by atoms with E-state index in [0.29, 0.717) is 29.0 Å². The molecule has 3 rings (SSSR count). The van der Waals surface area contributed by atoms with Crippen LogP contribution in [0.3, 0.4) is 0 Å². The van der Waals surface area contributed by atoms with Crippen molar-refractivity contribution in [2.24, 2.45) is 0 Å². The Morgan fingerprint density at radius 1 is 0.969 bits per heavy atom. The fourth-order valence-corrected chi connectivity index (χ4v) is 3.02. The number of halogens is 1. The third kappa shape index (κ3) is 4.94. The lowest BCUT2D eigenvalue weighted by Crippen LogP contribution is -2.33. The highest BCUT2D eigenvalue weighted by Gasteiger charge is 2.12. The predicted molar refractivity (Wildman–Crippen MR) is 117 cm³/mol. The number of aromatic nitrogens is 2. The number of carbonyl (C=O) groups is 1. The van der Waals surface area contributed by atoms with Crippen molar-refractivity contribution in [3.05, 3.63) is 85.9 Å². The van der Waals surface area contributed by atoms with Crippen molar-refractivity contribution in [2.75, 3.05) is 21.3 Å². The summed E-state index contributed by atoms with van der Waals surface area (Å²) in [4.78, 5) is 37.1. The molecule has 0 saturated carbocycles. The maximum Gasteiger partial charge on any atom is 0.328 e. The Labute approximate surface area is 182 Å². The molecule has 0 amide bonds. The molecule has 32 heavy (non-hydrogen) atoms. The van der Waals surface area contributed by atoms with Crippen LogP contribution in [-0.4, -0.2) is 36.7 Å². The average Bonchev–Trinajstić information content (AvgIpc) is 2.80. The van der Waals surface area contributed by atoms with E-state index in [-0.39, 0.29) is 0 Å². The number of hydrogen-bond acceptors (Lipinski definition) is 6. The van der Waals surface area contributed by atoms with Crippen molar-refractivity contribution >= 4 is 17.9 Å². The molecular formula is C23H21FN2O6. The second-order valence-corrected chi connectivity index (χ2v) is 6.70. The van der Waals surface area contributed by atoms with E-state index in [2.05, 4.69) is 0 Å². The number of ether oxygens (including phenoxy) is 3. The molecule has 1 aromatic heterocycles. The molecule has 2 aromatic carbocycles. The van der Waals surface area contributed by atoms with Gasteiger partial charge in [0.05, 0.1) is 34.1 Å². The zero-order chi connectivity index (χ0) is 23.3. The van der Waals surface area contributed by atoms with Gasteiger partial charge in [0, 0.05) is 5.56 Å². The molecule has 0 bridgehead atoms. The average molecular weight is 440 g/mol. The highest BCUT2D eigenvalue weighted by atomic mass is 19.1. The number of ketones is 1. The van der Waals surface area contributed by atoms with Crippen molar-refractivity contribution in [3.8, 4) is 17.2 Å². The van der Waals surface area contributed by atoms with Crippen LogP contribution in [-0.2, 0) is 6.54 Å². The Kier molecular flexibility index (Phi) is 6.89. The summed E-state index contributed by atoms with van der Waals surface area (Å²) in [5.74, 6) is 0.0163. The topological polar surface area (TPSA) is 99.6 Å². The summed E-state index contributed by atoms with van der Waals surface area (Å²) in [6, 6.07) is 10.3. The third-order valence-electron chi connectivity index (χ3n) is 4.67. The Morgan fingerprint density at radius 2 is 1.56 bits per heavy atom. The first-order valence-corrected chi connectivity index (χ1v) is 9.47. The zero-order valence-corrected chi connectivity index (χ0v) is 17.7. The Balaban J connectivity index is 1.77. The number of carbonyl (C=O) groups excluding carboxylic acids is 1. The molecule has 1 N–H and O–H groups in total. The van der Waals surface area contributed by atoms with Gasteiger partial charge in [-0.1, -0.05) is 36.4 Å². The maximum atomic E-state index is 13.4. The van der Waals surface area contributed by atoms with Crippen LogP contribution in [0.1, 0.15) is 21.5 Å². The minimum absolute atomic E-state index is 0.341. The molecule has 0 aliphatic rings. The Bertz CT molecular complexity index is 1250. The highest BCUT2D eigenvalue weighted by molar-refractivity contribution is 5.96. The third-order valence-corrected chi connectivity index (χ3v) is 4.67. The second-order valence-electron chi connectivity index (χ2n) is 6.70. The number of benzene rings is 2. The van der Waals surface area contributed by atoms with Crippen LogP contribution >= 0.6 is 0 Å². The van der Waals surface area contributed by atoms with Gasteiger partial charge < -0.3 is 14.2 Å². The standard InChI is InChI=1S/C23H21FN2O6/c1-30-19-10-15(11-20(31-2)21(19)32-3)5-4-14-6-8-16(9-7-14)18(27)13-26-12-17(24)22(28)25-23(26)29/h4-12H,13H2,1-3H3,(H,25,28,29)/b5-4+. The van der Waals surface area contributed by atoms with Gasteiger partial charge in [-0.15, -0.1) is 0 Å². The molecule has 0 atom stereocenters. The smallest absolute Gasteiger partial charge is 0.328 e. The largest absolute Gasteiger partial charge is 0.493 e. The monoisotopic (exact) mass is 440 g/mol. The van der Waals surface area contributed by atoms with Crippen molar-refractivity contribution < 1.29 is 23.4 Å². The molecule has 0 unspecified atom stereocenters. The molecule has 1 heterocycles.